The number of ether oxygens (including phenoxy) is 4. The van der Waals surface area contributed by atoms with E-state index in [-0.39, 0.29) is 73.0 Å². The van der Waals surface area contributed by atoms with E-state index in [0.717, 1.165) is 18.5 Å². The zero-order valence-electron chi connectivity index (χ0n) is 33.5. The van der Waals surface area contributed by atoms with Crippen LogP contribution in [-0.4, -0.2) is 91.5 Å². The zero-order chi connectivity index (χ0) is 39.2. The fraction of sp³-hybridized carbons (Fsp3) is 0.750. The van der Waals surface area contributed by atoms with Crippen molar-refractivity contribution in [1.82, 2.24) is 16.0 Å². The summed E-state index contributed by atoms with van der Waals surface area (Å²) in [5.74, 6) is -0.471. The highest BCUT2D eigenvalue weighted by Crippen LogP contribution is 2.25. The number of aliphatic hydroxyl groups excluding tert-OH is 1. The lowest BCUT2D eigenvalue weighted by molar-refractivity contribution is -0.135. The summed E-state index contributed by atoms with van der Waals surface area (Å²) in [5, 5.41) is 19.1. The Morgan fingerprint density at radius 2 is 1.63 bits per heavy atom. The molecule has 298 valence electrons. The van der Waals surface area contributed by atoms with Crippen LogP contribution in [0.3, 0.4) is 0 Å². The predicted octanol–water partition coefficient (Wildman–Crippen LogP) is 5.51. The lowest BCUT2D eigenvalue weighted by Gasteiger charge is -2.27. The molecule has 0 radical (unpaired) electrons. The fourth-order valence-corrected chi connectivity index (χ4v) is 5.17. The molecule has 0 aliphatic rings. The smallest absolute Gasteiger partial charge is 0.311 e. The Balaban J connectivity index is 2.36. The minimum Gasteiger partial charge on any atom is -0.426 e. The SMILES string of the molecule is CCOCCC(C)(C)OCC(C)OCCC(=O)NCCCCC(NC(=O)CCCC(=O)Oc1ccc(C(C)CNC(C)(C)C)cc1CO)C(=O)CC. The van der Waals surface area contributed by atoms with Crippen molar-refractivity contribution in [1.29, 1.82) is 0 Å². The summed E-state index contributed by atoms with van der Waals surface area (Å²) in [6, 6.07) is 4.83. The molecule has 4 N–H and O–H groups in total. The van der Waals surface area contributed by atoms with E-state index in [9.17, 15) is 24.3 Å². The first-order valence-electron chi connectivity index (χ1n) is 19.1. The van der Waals surface area contributed by atoms with E-state index >= 15 is 0 Å². The molecule has 0 fully saturated rings. The van der Waals surface area contributed by atoms with Gasteiger partial charge < -0.3 is 40.0 Å². The molecule has 2 amide bonds. The van der Waals surface area contributed by atoms with Crippen molar-refractivity contribution in [2.24, 2.45) is 0 Å². The van der Waals surface area contributed by atoms with Crippen LogP contribution in [-0.2, 0) is 40.0 Å². The van der Waals surface area contributed by atoms with Crippen molar-refractivity contribution >= 4 is 23.6 Å². The number of unbranched alkanes of at least 4 members (excludes halogenated alkanes) is 1. The van der Waals surface area contributed by atoms with E-state index in [2.05, 4.69) is 43.6 Å². The van der Waals surface area contributed by atoms with Gasteiger partial charge >= 0.3 is 5.97 Å². The number of carbonyl (C=O) groups excluding carboxylic acids is 4. The van der Waals surface area contributed by atoms with Crippen molar-refractivity contribution in [3.63, 3.8) is 0 Å². The van der Waals surface area contributed by atoms with Gasteiger partial charge in [0.25, 0.3) is 0 Å². The summed E-state index contributed by atoms with van der Waals surface area (Å²) in [6.45, 7) is 21.1. The lowest BCUT2D eigenvalue weighted by atomic mass is 9.97. The third kappa shape index (κ3) is 21.6. The van der Waals surface area contributed by atoms with Crippen LogP contribution in [0, 0.1) is 0 Å². The minimum absolute atomic E-state index is 0.0112. The number of benzene rings is 1. The number of hydrogen-bond acceptors (Lipinski definition) is 10. The number of ketones is 1. The molecule has 0 heterocycles. The maximum absolute atomic E-state index is 12.7. The van der Waals surface area contributed by atoms with Crippen LogP contribution in [0.1, 0.15) is 137 Å². The summed E-state index contributed by atoms with van der Waals surface area (Å²) in [6.07, 6.45) is 3.28. The van der Waals surface area contributed by atoms with Crippen LogP contribution in [0.15, 0.2) is 18.2 Å². The van der Waals surface area contributed by atoms with E-state index in [1.54, 1.807) is 13.0 Å². The fourth-order valence-electron chi connectivity index (χ4n) is 5.17. The largest absolute Gasteiger partial charge is 0.426 e. The molecule has 3 atom stereocenters. The summed E-state index contributed by atoms with van der Waals surface area (Å²) < 4.78 is 22.6. The van der Waals surface area contributed by atoms with Gasteiger partial charge in [-0.15, -0.1) is 0 Å². The number of Topliss-reactive ketones (excluding diaryl/α,β-unsaturated/α-hetero) is 1. The number of nitrogens with one attached hydrogen (secondary N) is 3. The Morgan fingerprint density at radius 3 is 2.29 bits per heavy atom. The first-order chi connectivity index (χ1) is 24.5. The Kier molecular flexibility index (Phi) is 22.8. The van der Waals surface area contributed by atoms with Gasteiger partial charge in [-0.3, -0.25) is 19.2 Å². The monoisotopic (exact) mass is 736 g/mol. The first kappa shape index (κ1) is 47.1. The van der Waals surface area contributed by atoms with E-state index in [1.807, 2.05) is 39.8 Å². The lowest BCUT2D eigenvalue weighted by Crippen LogP contribution is -2.40. The molecule has 0 saturated carbocycles. The van der Waals surface area contributed by atoms with Gasteiger partial charge in [-0.2, -0.15) is 0 Å². The number of rotatable bonds is 28. The van der Waals surface area contributed by atoms with Crippen molar-refractivity contribution in [2.45, 2.75) is 156 Å². The van der Waals surface area contributed by atoms with E-state index in [1.165, 1.54) is 0 Å². The number of aliphatic hydroxyl groups is 1. The third-order valence-electron chi connectivity index (χ3n) is 8.58. The maximum atomic E-state index is 12.7. The van der Waals surface area contributed by atoms with Gasteiger partial charge in [-0.25, -0.2) is 0 Å². The van der Waals surface area contributed by atoms with E-state index in [4.69, 9.17) is 18.9 Å². The van der Waals surface area contributed by atoms with Gasteiger partial charge in [0.05, 0.1) is 37.6 Å². The van der Waals surface area contributed by atoms with E-state index < -0.39 is 12.0 Å². The second kappa shape index (κ2) is 25.2. The average molecular weight is 736 g/mol. The van der Waals surface area contributed by atoms with E-state index in [0.29, 0.717) is 70.0 Å². The molecule has 1 aromatic carbocycles. The van der Waals surface area contributed by atoms with Crippen molar-refractivity contribution < 1.29 is 43.2 Å². The predicted molar refractivity (Wildman–Crippen MR) is 203 cm³/mol. The number of carbonyl (C=O) groups is 4. The molecule has 0 aromatic heterocycles. The molecule has 0 bridgehead atoms. The second-order valence-corrected chi connectivity index (χ2v) is 15.1. The van der Waals surface area contributed by atoms with Crippen LogP contribution in [0.5, 0.6) is 5.75 Å². The second-order valence-electron chi connectivity index (χ2n) is 15.1. The Bertz CT molecular complexity index is 1220. The summed E-state index contributed by atoms with van der Waals surface area (Å²) in [4.78, 5) is 50.0. The standard InChI is InChI=1S/C40H69N3O9/c1-10-34(45)33(15-12-13-22-41-36(46)20-23-50-30(4)28-51-40(8,9)21-24-49-11-2)43-37(47)16-14-17-38(48)52-35-19-18-31(25-32(35)27-44)29(3)26-42-39(5,6)7/h18-19,25,29-30,33,42,44H,10-17,20-24,26-28H2,1-9H3,(H,41,46)(H,43,47). The van der Waals surface area contributed by atoms with Gasteiger partial charge in [-0.1, -0.05) is 19.9 Å². The highest BCUT2D eigenvalue weighted by molar-refractivity contribution is 5.89. The molecule has 1 rings (SSSR count). The molecule has 0 aliphatic carbocycles. The summed E-state index contributed by atoms with van der Waals surface area (Å²) >= 11 is 0. The molecule has 0 saturated heterocycles. The maximum Gasteiger partial charge on any atom is 0.311 e. The topological polar surface area (TPSA) is 162 Å². The van der Waals surface area contributed by atoms with Crippen LogP contribution in [0.4, 0.5) is 0 Å². The number of esters is 1. The van der Waals surface area contributed by atoms with Gasteiger partial charge in [0.2, 0.25) is 11.8 Å². The number of hydrogen-bond donors (Lipinski definition) is 4. The van der Waals surface area contributed by atoms with Crippen molar-refractivity contribution in [3.8, 4) is 5.75 Å². The van der Waals surface area contributed by atoms with Crippen LogP contribution >= 0.6 is 0 Å². The average Bonchev–Trinajstić information content (AvgIpc) is 3.08. The Morgan fingerprint density at radius 1 is 0.904 bits per heavy atom. The van der Waals surface area contributed by atoms with Gasteiger partial charge in [-0.05, 0) is 104 Å². The molecular weight excluding hydrogens is 666 g/mol. The zero-order valence-corrected chi connectivity index (χ0v) is 33.5. The highest BCUT2D eigenvalue weighted by atomic mass is 16.5. The van der Waals surface area contributed by atoms with Crippen molar-refractivity contribution in [3.05, 3.63) is 29.3 Å². The van der Waals surface area contributed by atoms with Crippen LogP contribution in [0.2, 0.25) is 0 Å². The molecular formula is C40H69N3O9. The molecule has 52 heavy (non-hydrogen) atoms. The first-order valence-corrected chi connectivity index (χ1v) is 19.1. The molecule has 12 nitrogen and oxygen atoms in total. The molecule has 1 aromatic rings. The normalized spacial score (nSPS) is 13.7. The molecule has 0 aliphatic heterocycles. The third-order valence-corrected chi connectivity index (χ3v) is 8.58. The van der Waals surface area contributed by atoms with Crippen LogP contribution < -0.4 is 20.7 Å². The van der Waals surface area contributed by atoms with Crippen LogP contribution in [0.25, 0.3) is 0 Å². The van der Waals surface area contributed by atoms with Gasteiger partial charge in [0.15, 0.2) is 5.78 Å². The highest BCUT2D eigenvalue weighted by Gasteiger charge is 2.21. The number of amides is 2. The summed E-state index contributed by atoms with van der Waals surface area (Å²) in [5.41, 5.74) is 1.23. The Labute approximate surface area is 312 Å². The summed E-state index contributed by atoms with van der Waals surface area (Å²) in [7, 11) is 0. The molecule has 12 heteroatoms. The minimum atomic E-state index is -0.618. The molecule has 0 spiro atoms. The quantitative estimate of drug-likeness (QED) is 0.0491. The molecule has 3 unspecified atom stereocenters. The Hall–Kier alpha value is -2.90. The van der Waals surface area contributed by atoms with Gasteiger partial charge in [0, 0.05) is 63.1 Å². The van der Waals surface area contributed by atoms with Gasteiger partial charge in [0.1, 0.15) is 5.75 Å². The van der Waals surface area contributed by atoms with Crippen molar-refractivity contribution in [2.75, 3.05) is 39.5 Å².